The molecule has 2 unspecified atom stereocenters. The molecule has 0 aliphatic carbocycles. The molecular formula is C9H14ClN3O2. The number of nitrogen functional groups attached to an aromatic ring is 1. The Morgan fingerprint density at radius 2 is 2.20 bits per heavy atom. The molecule has 5 N–H and O–H groups in total. The van der Waals surface area contributed by atoms with Gasteiger partial charge in [0.05, 0.1) is 6.10 Å². The monoisotopic (exact) mass is 231 g/mol. The van der Waals surface area contributed by atoms with Crippen LogP contribution in [0.1, 0.15) is 18.1 Å². The summed E-state index contributed by atoms with van der Waals surface area (Å²) < 4.78 is 0. The molecule has 6 heteroatoms. The number of aromatic nitrogens is 1. The Labute approximate surface area is 92.9 Å². The van der Waals surface area contributed by atoms with Gasteiger partial charge in [0.2, 0.25) is 0 Å². The Kier molecular flexibility index (Phi) is 4.77. The first-order chi connectivity index (χ1) is 7.19. The van der Waals surface area contributed by atoms with Crippen molar-refractivity contribution in [1.29, 1.82) is 0 Å². The van der Waals surface area contributed by atoms with Gasteiger partial charge in [-0.1, -0.05) is 6.07 Å². The summed E-state index contributed by atoms with van der Waals surface area (Å²) in [4.78, 5) is 3.92. The van der Waals surface area contributed by atoms with E-state index >= 15 is 0 Å². The molecule has 1 rings (SSSR count). The number of anilines is 1. The van der Waals surface area contributed by atoms with E-state index in [1.807, 2.05) is 0 Å². The van der Waals surface area contributed by atoms with Gasteiger partial charge in [-0.15, -0.1) is 11.6 Å². The van der Waals surface area contributed by atoms with Gasteiger partial charge in [-0.25, -0.2) is 10.8 Å². The lowest BCUT2D eigenvalue weighted by atomic mass is 10.0. The quantitative estimate of drug-likeness (QED) is 0.334. The summed E-state index contributed by atoms with van der Waals surface area (Å²) in [6, 6.07) is 3.26. The number of hydrogen-bond acceptors (Lipinski definition) is 5. The number of nitrogens with two attached hydrogens (primary N) is 1. The van der Waals surface area contributed by atoms with Crippen molar-refractivity contribution in [3.8, 4) is 0 Å². The van der Waals surface area contributed by atoms with E-state index in [0.29, 0.717) is 23.7 Å². The summed E-state index contributed by atoms with van der Waals surface area (Å²) in [6.45, 7) is 0. The second-order valence-electron chi connectivity index (χ2n) is 3.11. The van der Waals surface area contributed by atoms with Crippen molar-refractivity contribution in [3.63, 3.8) is 0 Å². The van der Waals surface area contributed by atoms with Crippen molar-refractivity contribution >= 4 is 17.4 Å². The maximum atomic E-state index is 9.68. The Bertz CT molecular complexity index is 294. The lowest BCUT2D eigenvalue weighted by Gasteiger charge is -2.16. The molecule has 0 amide bonds. The topological polar surface area (TPSA) is 91.4 Å². The third-order valence-electron chi connectivity index (χ3n) is 2.05. The van der Waals surface area contributed by atoms with Crippen molar-refractivity contribution < 1.29 is 10.2 Å². The highest BCUT2D eigenvalue weighted by Crippen LogP contribution is 2.19. The zero-order valence-electron chi connectivity index (χ0n) is 8.10. The van der Waals surface area contributed by atoms with E-state index in [4.69, 9.17) is 17.4 Å². The van der Waals surface area contributed by atoms with Gasteiger partial charge < -0.3 is 15.6 Å². The van der Waals surface area contributed by atoms with Crippen LogP contribution in [0.3, 0.4) is 0 Å². The first kappa shape index (κ1) is 12.2. The van der Waals surface area contributed by atoms with Crippen molar-refractivity contribution in [3.05, 3.63) is 23.9 Å². The lowest BCUT2D eigenvalue weighted by Crippen LogP contribution is -2.19. The minimum absolute atomic E-state index is 0.300. The number of rotatable bonds is 5. The van der Waals surface area contributed by atoms with Crippen molar-refractivity contribution in [2.45, 2.75) is 18.6 Å². The van der Waals surface area contributed by atoms with Crippen LogP contribution in [0.15, 0.2) is 18.3 Å². The molecule has 0 aromatic carbocycles. The molecule has 0 aliphatic heterocycles. The van der Waals surface area contributed by atoms with Crippen LogP contribution in [0.2, 0.25) is 0 Å². The average molecular weight is 232 g/mol. The van der Waals surface area contributed by atoms with E-state index in [0.717, 1.165) is 0 Å². The standard InChI is InChI=1S/C9H14ClN3O2/c10-4-3-7(14)9(15)6-1-2-8(13-11)12-5-6/h1-2,5,7,9,14-15H,3-4,11H2,(H,12,13). The molecule has 15 heavy (non-hydrogen) atoms. The minimum Gasteiger partial charge on any atom is -0.390 e. The summed E-state index contributed by atoms with van der Waals surface area (Å²) in [5, 5.41) is 19.2. The number of nitrogens with one attached hydrogen (secondary N) is 1. The smallest absolute Gasteiger partial charge is 0.139 e. The molecule has 0 fully saturated rings. The second-order valence-corrected chi connectivity index (χ2v) is 3.49. The lowest BCUT2D eigenvalue weighted by molar-refractivity contribution is 0.0168. The largest absolute Gasteiger partial charge is 0.390 e. The number of hydrazine groups is 1. The summed E-state index contributed by atoms with van der Waals surface area (Å²) in [5.74, 6) is 5.94. The fraction of sp³-hybridized carbons (Fsp3) is 0.444. The van der Waals surface area contributed by atoms with Gasteiger partial charge in [0.25, 0.3) is 0 Å². The van der Waals surface area contributed by atoms with Crippen LogP contribution in [-0.4, -0.2) is 27.2 Å². The molecule has 0 bridgehead atoms. The van der Waals surface area contributed by atoms with E-state index in [9.17, 15) is 10.2 Å². The maximum Gasteiger partial charge on any atom is 0.139 e. The SMILES string of the molecule is NNc1ccc(C(O)C(O)CCCl)cn1. The van der Waals surface area contributed by atoms with Crippen LogP contribution in [-0.2, 0) is 0 Å². The third kappa shape index (κ3) is 3.32. The van der Waals surface area contributed by atoms with Gasteiger partial charge in [0, 0.05) is 17.6 Å². The predicted octanol–water partition coefficient (Wildman–Crippen LogP) is 0.390. The highest BCUT2D eigenvalue weighted by molar-refractivity contribution is 6.17. The highest BCUT2D eigenvalue weighted by Gasteiger charge is 2.17. The summed E-state index contributed by atoms with van der Waals surface area (Å²) in [6.07, 6.45) is -0.0548. The average Bonchev–Trinajstić information content (AvgIpc) is 2.28. The Morgan fingerprint density at radius 3 is 2.67 bits per heavy atom. The first-order valence-corrected chi connectivity index (χ1v) is 5.07. The molecule has 0 saturated carbocycles. The van der Waals surface area contributed by atoms with E-state index in [2.05, 4.69) is 10.4 Å². The Morgan fingerprint density at radius 1 is 1.47 bits per heavy atom. The molecule has 1 heterocycles. The van der Waals surface area contributed by atoms with Gasteiger partial charge in [-0.2, -0.15) is 0 Å². The summed E-state index contributed by atoms with van der Waals surface area (Å²) in [5.41, 5.74) is 2.91. The molecule has 0 aliphatic rings. The van der Waals surface area contributed by atoms with Gasteiger partial charge >= 0.3 is 0 Å². The molecule has 0 saturated heterocycles. The van der Waals surface area contributed by atoms with Gasteiger partial charge in [-0.3, -0.25) is 0 Å². The second kappa shape index (κ2) is 5.87. The number of aliphatic hydroxyl groups is 2. The minimum atomic E-state index is -0.969. The van der Waals surface area contributed by atoms with E-state index in [1.54, 1.807) is 12.1 Å². The molecule has 5 nitrogen and oxygen atoms in total. The van der Waals surface area contributed by atoms with Crippen LogP contribution in [0.5, 0.6) is 0 Å². The number of nitrogens with zero attached hydrogens (tertiary/aromatic N) is 1. The fourth-order valence-corrected chi connectivity index (χ4v) is 1.38. The van der Waals surface area contributed by atoms with Crippen LogP contribution in [0, 0.1) is 0 Å². The highest BCUT2D eigenvalue weighted by atomic mass is 35.5. The number of aliphatic hydroxyl groups excluding tert-OH is 2. The van der Waals surface area contributed by atoms with Crippen LogP contribution < -0.4 is 11.3 Å². The Balaban J connectivity index is 2.69. The van der Waals surface area contributed by atoms with Gasteiger partial charge in [-0.05, 0) is 12.5 Å². The molecule has 0 radical (unpaired) electrons. The van der Waals surface area contributed by atoms with Crippen LogP contribution in [0.4, 0.5) is 5.82 Å². The van der Waals surface area contributed by atoms with E-state index in [1.165, 1.54) is 6.20 Å². The fourth-order valence-electron chi connectivity index (χ4n) is 1.16. The molecule has 2 atom stereocenters. The van der Waals surface area contributed by atoms with Crippen molar-refractivity contribution in [1.82, 2.24) is 4.98 Å². The summed E-state index contributed by atoms with van der Waals surface area (Å²) >= 11 is 5.46. The zero-order chi connectivity index (χ0) is 11.3. The first-order valence-electron chi connectivity index (χ1n) is 4.53. The maximum absolute atomic E-state index is 9.68. The normalized spacial score (nSPS) is 14.7. The zero-order valence-corrected chi connectivity index (χ0v) is 8.85. The van der Waals surface area contributed by atoms with Crippen LogP contribution >= 0.6 is 11.6 Å². The van der Waals surface area contributed by atoms with E-state index in [-0.39, 0.29) is 0 Å². The van der Waals surface area contributed by atoms with Gasteiger partial charge in [0.15, 0.2) is 0 Å². The third-order valence-corrected chi connectivity index (χ3v) is 2.26. The van der Waals surface area contributed by atoms with Crippen molar-refractivity contribution in [2.24, 2.45) is 5.84 Å². The molecule has 0 spiro atoms. The molecular weight excluding hydrogens is 218 g/mol. The van der Waals surface area contributed by atoms with E-state index < -0.39 is 12.2 Å². The molecule has 84 valence electrons. The van der Waals surface area contributed by atoms with Crippen LogP contribution in [0.25, 0.3) is 0 Å². The molecule has 1 aromatic rings. The predicted molar refractivity (Wildman–Crippen MR) is 58.4 cm³/mol. The van der Waals surface area contributed by atoms with Crippen molar-refractivity contribution in [2.75, 3.05) is 11.3 Å². The molecule has 1 aromatic heterocycles. The van der Waals surface area contributed by atoms with Gasteiger partial charge in [0.1, 0.15) is 11.9 Å². The number of alkyl halides is 1. The number of hydrogen-bond donors (Lipinski definition) is 4. The number of halogens is 1. The number of pyridine rings is 1. The summed E-state index contributed by atoms with van der Waals surface area (Å²) in [7, 11) is 0. The Hall–Kier alpha value is -0.880.